The molecule has 104 valence electrons. The zero-order valence-electron chi connectivity index (χ0n) is 11.7. The Bertz CT molecular complexity index is 608. The smallest absolute Gasteiger partial charge is 0.248 e. The van der Waals surface area contributed by atoms with Gasteiger partial charge in [-0.3, -0.25) is 9.89 Å². The Labute approximate surface area is 117 Å². The molecule has 0 saturated carbocycles. The maximum Gasteiger partial charge on any atom is 0.248 e. The molecule has 5 nitrogen and oxygen atoms in total. The largest absolute Gasteiger partial charge is 0.497 e. The van der Waals surface area contributed by atoms with E-state index in [4.69, 9.17) is 4.74 Å². The van der Waals surface area contributed by atoms with Crippen molar-refractivity contribution >= 4 is 17.7 Å². The third-order valence-corrected chi connectivity index (χ3v) is 2.92. The molecule has 0 aliphatic heterocycles. The van der Waals surface area contributed by atoms with Crippen LogP contribution in [0.4, 0.5) is 5.69 Å². The molecule has 0 spiro atoms. The molecule has 20 heavy (non-hydrogen) atoms. The van der Waals surface area contributed by atoms with Crippen LogP contribution >= 0.6 is 0 Å². The molecule has 2 rings (SSSR count). The zero-order chi connectivity index (χ0) is 14.5. The van der Waals surface area contributed by atoms with Crippen LogP contribution in [0, 0.1) is 13.8 Å². The predicted molar refractivity (Wildman–Crippen MR) is 78.7 cm³/mol. The Morgan fingerprint density at radius 1 is 1.30 bits per heavy atom. The number of benzene rings is 1. The van der Waals surface area contributed by atoms with Gasteiger partial charge in [-0.15, -0.1) is 0 Å². The molecule has 1 heterocycles. The van der Waals surface area contributed by atoms with Crippen molar-refractivity contribution < 1.29 is 9.53 Å². The number of rotatable bonds is 4. The first-order chi connectivity index (χ1) is 9.60. The maximum absolute atomic E-state index is 11.8. The Hall–Kier alpha value is -2.56. The van der Waals surface area contributed by atoms with Crippen LogP contribution in [-0.2, 0) is 4.79 Å². The van der Waals surface area contributed by atoms with Crippen molar-refractivity contribution in [2.24, 2.45) is 0 Å². The minimum Gasteiger partial charge on any atom is -0.497 e. The molecule has 2 aromatic rings. The summed E-state index contributed by atoms with van der Waals surface area (Å²) in [6, 6.07) is 7.47. The second-order valence-corrected chi connectivity index (χ2v) is 4.40. The number of hydrogen-bond acceptors (Lipinski definition) is 3. The van der Waals surface area contributed by atoms with E-state index in [-0.39, 0.29) is 5.91 Å². The van der Waals surface area contributed by atoms with Gasteiger partial charge in [0.2, 0.25) is 5.91 Å². The van der Waals surface area contributed by atoms with Gasteiger partial charge in [0.25, 0.3) is 0 Å². The first-order valence-electron chi connectivity index (χ1n) is 6.25. The van der Waals surface area contributed by atoms with Gasteiger partial charge in [0.15, 0.2) is 0 Å². The zero-order valence-corrected chi connectivity index (χ0v) is 11.7. The number of aromatic nitrogens is 2. The van der Waals surface area contributed by atoms with Gasteiger partial charge in [0.1, 0.15) is 5.75 Å². The van der Waals surface area contributed by atoms with Crippen LogP contribution in [0.15, 0.2) is 30.3 Å². The average Bonchev–Trinajstić information content (AvgIpc) is 2.77. The van der Waals surface area contributed by atoms with Crippen molar-refractivity contribution in [3.8, 4) is 5.75 Å². The Morgan fingerprint density at radius 3 is 2.55 bits per heavy atom. The lowest BCUT2D eigenvalue weighted by atomic mass is 10.2. The number of hydrogen-bond donors (Lipinski definition) is 2. The molecule has 0 atom stereocenters. The summed E-state index contributed by atoms with van der Waals surface area (Å²) in [6.45, 7) is 3.70. The maximum atomic E-state index is 11.8. The Kier molecular flexibility index (Phi) is 4.20. The van der Waals surface area contributed by atoms with Crippen LogP contribution in [0.25, 0.3) is 6.08 Å². The summed E-state index contributed by atoms with van der Waals surface area (Å²) in [6.07, 6.45) is 3.24. The molecule has 0 aliphatic carbocycles. The minimum atomic E-state index is -0.187. The van der Waals surface area contributed by atoms with E-state index < -0.39 is 0 Å². The lowest BCUT2D eigenvalue weighted by molar-refractivity contribution is -0.111. The molecular formula is C15H17N3O2. The SMILES string of the molecule is COc1ccc(/C=C/C(=O)Nc2c(C)n[nH]c2C)cc1. The topological polar surface area (TPSA) is 67.0 Å². The van der Waals surface area contributed by atoms with Gasteiger partial charge in [-0.25, -0.2) is 0 Å². The number of methoxy groups -OCH3 is 1. The first kappa shape index (κ1) is 13.9. The highest BCUT2D eigenvalue weighted by atomic mass is 16.5. The standard InChI is InChI=1S/C15H17N3O2/c1-10-15(11(2)18-17-10)16-14(19)9-6-12-4-7-13(20-3)8-5-12/h4-9H,1-3H3,(H,16,19)(H,17,18)/b9-6+. The molecule has 0 unspecified atom stereocenters. The molecule has 1 aromatic carbocycles. The van der Waals surface area contributed by atoms with Crippen molar-refractivity contribution in [3.05, 3.63) is 47.3 Å². The van der Waals surface area contributed by atoms with E-state index in [0.717, 1.165) is 28.4 Å². The number of carbonyl (C=O) groups excluding carboxylic acids is 1. The summed E-state index contributed by atoms with van der Waals surface area (Å²) in [7, 11) is 1.62. The Balaban J connectivity index is 2.02. The van der Waals surface area contributed by atoms with E-state index in [0.29, 0.717) is 0 Å². The van der Waals surface area contributed by atoms with Gasteiger partial charge in [0.05, 0.1) is 24.2 Å². The van der Waals surface area contributed by atoms with Crippen LogP contribution < -0.4 is 10.1 Å². The van der Waals surface area contributed by atoms with Gasteiger partial charge >= 0.3 is 0 Å². The highest BCUT2D eigenvalue weighted by molar-refractivity contribution is 6.02. The van der Waals surface area contributed by atoms with Gasteiger partial charge in [-0.1, -0.05) is 12.1 Å². The number of anilines is 1. The van der Waals surface area contributed by atoms with Gasteiger partial charge < -0.3 is 10.1 Å². The molecule has 1 amide bonds. The fourth-order valence-corrected chi connectivity index (χ4v) is 1.79. The molecule has 5 heteroatoms. The highest BCUT2D eigenvalue weighted by Gasteiger charge is 2.07. The number of ether oxygens (including phenoxy) is 1. The average molecular weight is 271 g/mol. The van der Waals surface area contributed by atoms with Crippen LogP contribution in [0.2, 0.25) is 0 Å². The van der Waals surface area contributed by atoms with E-state index in [1.54, 1.807) is 13.2 Å². The van der Waals surface area contributed by atoms with Gasteiger partial charge in [0, 0.05) is 6.08 Å². The molecule has 2 N–H and O–H groups in total. The molecule has 0 bridgehead atoms. The number of aromatic amines is 1. The molecular weight excluding hydrogens is 254 g/mol. The Morgan fingerprint density at radius 2 is 2.00 bits per heavy atom. The number of nitrogens with one attached hydrogen (secondary N) is 2. The molecule has 0 aliphatic rings. The third-order valence-electron chi connectivity index (χ3n) is 2.92. The predicted octanol–water partition coefficient (Wildman–Crippen LogP) is 2.69. The van der Waals surface area contributed by atoms with E-state index in [1.165, 1.54) is 6.08 Å². The summed E-state index contributed by atoms with van der Waals surface area (Å²) in [5, 5.41) is 9.66. The van der Waals surface area contributed by atoms with E-state index in [2.05, 4.69) is 15.5 Å². The molecule has 0 fully saturated rings. The summed E-state index contributed by atoms with van der Waals surface area (Å²) in [5.74, 6) is 0.602. The molecule has 0 radical (unpaired) electrons. The minimum absolute atomic E-state index is 0.187. The van der Waals surface area contributed by atoms with Crippen LogP contribution in [0.5, 0.6) is 5.75 Å². The summed E-state index contributed by atoms with van der Waals surface area (Å²) < 4.78 is 5.08. The molecule has 0 saturated heterocycles. The second kappa shape index (κ2) is 6.06. The van der Waals surface area contributed by atoms with Gasteiger partial charge in [-0.05, 0) is 37.6 Å². The summed E-state index contributed by atoms with van der Waals surface area (Å²) in [5.41, 5.74) is 3.28. The first-order valence-corrected chi connectivity index (χ1v) is 6.25. The molecule has 1 aromatic heterocycles. The quantitative estimate of drug-likeness (QED) is 0.840. The van der Waals surface area contributed by atoms with Gasteiger partial charge in [-0.2, -0.15) is 5.10 Å². The van der Waals surface area contributed by atoms with Crippen molar-refractivity contribution in [1.82, 2.24) is 10.2 Å². The van der Waals surface area contributed by atoms with Crippen LogP contribution in [0.1, 0.15) is 17.0 Å². The van der Waals surface area contributed by atoms with Crippen molar-refractivity contribution in [2.75, 3.05) is 12.4 Å². The lowest BCUT2D eigenvalue weighted by Crippen LogP contribution is -2.09. The number of amides is 1. The lowest BCUT2D eigenvalue weighted by Gasteiger charge is -2.02. The number of nitrogens with zero attached hydrogens (tertiary/aromatic N) is 1. The van der Waals surface area contributed by atoms with E-state index in [1.807, 2.05) is 38.1 Å². The van der Waals surface area contributed by atoms with Crippen molar-refractivity contribution in [2.45, 2.75) is 13.8 Å². The summed E-state index contributed by atoms with van der Waals surface area (Å²) >= 11 is 0. The van der Waals surface area contributed by atoms with E-state index >= 15 is 0 Å². The van der Waals surface area contributed by atoms with Crippen LogP contribution in [-0.4, -0.2) is 23.2 Å². The fourth-order valence-electron chi connectivity index (χ4n) is 1.79. The van der Waals surface area contributed by atoms with Crippen molar-refractivity contribution in [1.29, 1.82) is 0 Å². The summed E-state index contributed by atoms with van der Waals surface area (Å²) in [4.78, 5) is 11.8. The number of aryl methyl sites for hydroxylation is 2. The van der Waals surface area contributed by atoms with Crippen LogP contribution in [0.3, 0.4) is 0 Å². The van der Waals surface area contributed by atoms with E-state index in [9.17, 15) is 4.79 Å². The van der Waals surface area contributed by atoms with Crippen molar-refractivity contribution in [3.63, 3.8) is 0 Å². The normalized spacial score (nSPS) is 10.8. The third kappa shape index (κ3) is 3.26. The second-order valence-electron chi connectivity index (χ2n) is 4.40. The number of carbonyl (C=O) groups is 1. The number of H-pyrrole nitrogens is 1. The monoisotopic (exact) mass is 271 g/mol. The fraction of sp³-hybridized carbons (Fsp3) is 0.200. The highest BCUT2D eigenvalue weighted by Crippen LogP contribution is 2.16.